The summed E-state index contributed by atoms with van der Waals surface area (Å²) in [4.78, 5) is 0. The van der Waals surface area contributed by atoms with Crippen LogP contribution in [0.1, 0.15) is 30.0 Å². The van der Waals surface area contributed by atoms with Crippen LogP contribution in [0.2, 0.25) is 0 Å². The first-order chi connectivity index (χ1) is 8.88. The molecular formula is C15H19N3. The third-order valence-corrected chi connectivity index (χ3v) is 3.51. The van der Waals surface area contributed by atoms with Gasteiger partial charge in [0.05, 0.1) is 5.69 Å². The molecule has 0 bridgehead atoms. The standard InChI is InChI=1S/C15H19N3/c1-16-10-8-12-2-6-14(7-3-12)18-15(9-11-17-18)13-4-5-13/h2-3,6-7,9,11,13,16H,4-5,8,10H2,1H3. The molecule has 0 spiro atoms. The summed E-state index contributed by atoms with van der Waals surface area (Å²) in [6.07, 6.45) is 5.60. The smallest absolute Gasteiger partial charge is 0.0649 e. The lowest BCUT2D eigenvalue weighted by Gasteiger charge is -2.08. The molecule has 1 aliphatic rings. The second kappa shape index (κ2) is 4.94. The van der Waals surface area contributed by atoms with Crippen LogP contribution in [0.3, 0.4) is 0 Å². The Balaban J connectivity index is 1.81. The van der Waals surface area contributed by atoms with Crippen LogP contribution in [-0.4, -0.2) is 23.4 Å². The van der Waals surface area contributed by atoms with Crippen molar-refractivity contribution in [1.82, 2.24) is 15.1 Å². The van der Waals surface area contributed by atoms with Crippen LogP contribution >= 0.6 is 0 Å². The second-order valence-electron chi connectivity index (χ2n) is 4.96. The number of rotatable bonds is 5. The molecule has 1 aliphatic carbocycles. The Kier molecular flexibility index (Phi) is 3.15. The Morgan fingerprint density at radius 3 is 2.67 bits per heavy atom. The highest BCUT2D eigenvalue weighted by Gasteiger charge is 2.27. The largest absolute Gasteiger partial charge is 0.319 e. The highest BCUT2D eigenvalue weighted by atomic mass is 15.3. The summed E-state index contributed by atoms with van der Waals surface area (Å²) in [6, 6.07) is 10.9. The average molecular weight is 241 g/mol. The molecule has 0 radical (unpaired) electrons. The maximum Gasteiger partial charge on any atom is 0.0649 e. The van der Waals surface area contributed by atoms with Crippen LogP contribution in [0.25, 0.3) is 5.69 Å². The van der Waals surface area contributed by atoms with Crippen LogP contribution in [-0.2, 0) is 6.42 Å². The predicted octanol–water partition coefficient (Wildman–Crippen LogP) is 2.51. The van der Waals surface area contributed by atoms with Gasteiger partial charge in [0.25, 0.3) is 0 Å². The first-order valence-corrected chi connectivity index (χ1v) is 6.66. The molecule has 1 aromatic carbocycles. The SMILES string of the molecule is CNCCc1ccc(-n2nccc2C2CC2)cc1. The van der Waals surface area contributed by atoms with Gasteiger partial charge in [-0.3, -0.25) is 0 Å². The number of hydrogen-bond donors (Lipinski definition) is 1. The Labute approximate surface area is 108 Å². The summed E-state index contributed by atoms with van der Waals surface area (Å²) in [5.41, 5.74) is 3.90. The van der Waals surface area contributed by atoms with Crippen molar-refractivity contribution in [2.45, 2.75) is 25.2 Å². The molecule has 3 rings (SSSR count). The van der Waals surface area contributed by atoms with Gasteiger partial charge in [0.15, 0.2) is 0 Å². The monoisotopic (exact) mass is 241 g/mol. The molecule has 1 fully saturated rings. The van der Waals surface area contributed by atoms with Gasteiger partial charge in [0.1, 0.15) is 0 Å². The minimum Gasteiger partial charge on any atom is -0.319 e. The predicted molar refractivity (Wildman–Crippen MR) is 73.2 cm³/mol. The Hall–Kier alpha value is -1.61. The van der Waals surface area contributed by atoms with E-state index in [2.05, 4.69) is 45.4 Å². The quantitative estimate of drug-likeness (QED) is 0.871. The van der Waals surface area contributed by atoms with Crippen molar-refractivity contribution in [3.05, 3.63) is 47.8 Å². The molecular weight excluding hydrogens is 222 g/mol. The topological polar surface area (TPSA) is 29.9 Å². The number of likely N-dealkylation sites (N-methyl/N-ethyl adjacent to an activating group) is 1. The molecule has 2 aromatic rings. The van der Waals surface area contributed by atoms with Crippen molar-refractivity contribution in [2.24, 2.45) is 0 Å². The summed E-state index contributed by atoms with van der Waals surface area (Å²) in [5, 5.41) is 7.62. The number of nitrogens with zero attached hydrogens (tertiary/aromatic N) is 2. The van der Waals surface area contributed by atoms with E-state index in [0.717, 1.165) is 18.9 Å². The molecule has 3 nitrogen and oxygen atoms in total. The molecule has 3 heteroatoms. The number of hydrogen-bond acceptors (Lipinski definition) is 2. The average Bonchev–Trinajstić information content (AvgIpc) is 3.15. The molecule has 1 N–H and O–H groups in total. The van der Waals surface area contributed by atoms with E-state index in [1.54, 1.807) is 0 Å². The first-order valence-electron chi connectivity index (χ1n) is 6.66. The zero-order valence-electron chi connectivity index (χ0n) is 10.8. The third-order valence-electron chi connectivity index (χ3n) is 3.51. The second-order valence-corrected chi connectivity index (χ2v) is 4.96. The van der Waals surface area contributed by atoms with Crippen molar-refractivity contribution in [2.75, 3.05) is 13.6 Å². The lowest BCUT2D eigenvalue weighted by Crippen LogP contribution is -2.10. The Bertz CT molecular complexity index is 509. The molecule has 0 unspecified atom stereocenters. The van der Waals surface area contributed by atoms with Gasteiger partial charge in [-0.05, 0) is 56.6 Å². The minimum absolute atomic E-state index is 0.733. The van der Waals surface area contributed by atoms with Crippen molar-refractivity contribution in [1.29, 1.82) is 0 Å². The van der Waals surface area contributed by atoms with Gasteiger partial charge < -0.3 is 5.32 Å². The van der Waals surface area contributed by atoms with Gasteiger partial charge in [-0.2, -0.15) is 5.10 Å². The van der Waals surface area contributed by atoms with Gasteiger partial charge in [-0.15, -0.1) is 0 Å². The fraction of sp³-hybridized carbons (Fsp3) is 0.400. The van der Waals surface area contributed by atoms with Crippen LogP contribution in [0.5, 0.6) is 0 Å². The van der Waals surface area contributed by atoms with Gasteiger partial charge in [-0.1, -0.05) is 12.1 Å². The summed E-state index contributed by atoms with van der Waals surface area (Å²) >= 11 is 0. The van der Waals surface area contributed by atoms with Crippen LogP contribution < -0.4 is 5.32 Å². The van der Waals surface area contributed by atoms with E-state index in [0.29, 0.717) is 0 Å². The zero-order chi connectivity index (χ0) is 12.4. The highest BCUT2D eigenvalue weighted by Crippen LogP contribution is 2.40. The molecule has 0 saturated heterocycles. The maximum atomic E-state index is 4.44. The molecule has 0 aliphatic heterocycles. The maximum absolute atomic E-state index is 4.44. The van der Waals surface area contributed by atoms with Gasteiger partial charge in [0.2, 0.25) is 0 Å². The lowest BCUT2D eigenvalue weighted by molar-refractivity contribution is 0.787. The molecule has 1 aromatic heterocycles. The minimum atomic E-state index is 0.733. The van der Waals surface area contributed by atoms with E-state index in [1.165, 1.54) is 29.8 Å². The molecule has 0 atom stereocenters. The third kappa shape index (κ3) is 2.31. The summed E-state index contributed by atoms with van der Waals surface area (Å²) < 4.78 is 2.08. The van der Waals surface area contributed by atoms with E-state index >= 15 is 0 Å². The lowest BCUT2D eigenvalue weighted by atomic mass is 10.1. The van der Waals surface area contributed by atoms with Crippen molar-refractivity contribution in [3.63, 3.8) is 0 Å². The van der Waals surface area contributed by atoms with E-state index in [-0.39, 0.29) is 0 Å². The zero-order valence-corrected chi connectivity index (χ0v) is 10.8. The van der Waals surface area contributed by atoms with Gasteiger partial charge in [0, 0.05) is 17.8 Å². The van der Waals surface area contributed by atoms with Crippen LogP contribution in [0, 0.1) is 0 Å². The Morgan fingerprint density at radius 2 is 2.00 bits per heavy atom. The molecule has 18 heavy (non-hydrogen) atoms. The number of benzene rings is 1. The van der Waals surface area contributed by atoms with Crippen molar-refractivity contribution >= 4 is 0 Å². The van der Waals surface area contributed by atoms with E-state index in [4.69, 9.17) is 0 Å². The van der Waals surface area contributed by atoms with Crippen LogP contribution in [0.15, 0.2) is 36.5 Å². The van der Waals surface area contributed by atoms with E-state index in [9.17, 15) is 0 Å². The van der Waals surface area contributed by atoms with Crippen molar-refractivity contribution in [3.8, 4) is 5.69 Å². The molecule has 1 heterocycles. The normalized spacial score (nSPS) is 14.9. The molecule has 94 valence electrons. The number of aromatic nitrogens is 2. The Morgan fingerprint density at radius 1 is 1.22 bits per heavy atom. The van der Waals surface area contributed by atoms with Crippen molar-refractivity contribution < 1.29 is 0 Å². The summed E-state index contributed by atoms with van der Waals surface area (Å²) in [5.74, 6) is 0.733. The van der Waals surface area contributed by atoms with Gasteiger partial charge in [-0.25, -0.2) is 4.68 Å². The summed E-state index contributed by atoms with van der Waals surface area (Å²) in [7, 11) is 1.99. The fourth-order valence-electron chi connectivity index (χ4n) is 2.29. The molecule has 1 saturated carbocycles. The first kappa shape index (κ1) is 11.5. The summed E-state index contributed by atoms with van der Waals surface area (Å²) in [6.45, 7) is 1.02. The van der Waals surface area contributed by atoms with Crippen LogP contribution in [0.4, 0.5) is 0 Å². The van der Waals surface area contributed by atoms with E-state index in [1.807, 2.05) is 13.2 Å². The van der Waals surface area contributed by atoms with E-state index < -0.39 is 0 Å². The highest BCUT2D eigenvalue weighted by molar-refractivity contribution is 5.37. The number of nitrogens with one attached hydrogen (secondary N) is 1. The molecule has 0 amide bonds. The van der Waals surface area contributed by atoms with Gasteiger partial charge >= 0.3 is 0 Å². The fourth-order valence-corrected chi connectivity index (χ4v) is 2.29.